The molecular formula is C27H23F2NO4S. The molecule has 4 rings (SSSR count). The van der Waals surface area contributed by atoms with Gasteiger partial charge in [-0.25, -0.2) is 22.0 Å². The van der Waals surface area contributed by atoms with E-state index in [-0.39, 0.29) is 16.3 Å². The van der Waals surface area contributed by atoms with Gasteiger partial charge in [-0.1, -0.05) is 12.1 Å². The third-order valence-electron chi connectivity index (χ3n) is 5.98. The zero-order chi connectivity index (χ0) is 25.3. The SMILES string of the molecule is Cc1c(CCc2cc(F)ccc2C(=O)O)cc(-c2ccc(S(C)(=O)=O)cc2)n1-c1ccc(F)cc1. The van der Waals surface area contributed by atoms with Crippen LogP contribution in [0.1, 0.15) is 27.2 Å². The molecule has 0 unspecified atom stereocenters. The Morgan fingerprint density at radius 2 is 1.46 bits per heavy atom. The summed E-state index contributed by atoms with van der Waals surface area (Å²) in [7, 11) is -3.35. The van der Waals surface area contributed by atoms with E-state index in [1.54, 1.807) is 24.3 Å². The fourth-order valence-corrected chi connectivity index (χ4v) is 4.80. The van der Waals surface area contributed by atoms with Crippen molar-refractivity contribution in [1.29, 1.82) is 0 Å². The van der Waals surface area contributed by atoms with E-state index in [2.05, 4.69) is 0 Å². The van der Waals surface area contributed by atoms with Gasteiger partial charge in [-0.15, -0.1) is 0 Å². The third kappa shape index (κ3) is 5.17. The molecule has 4 aromatic rings. The van der Waals surface area contributed by atoms with Crippen molar-refractivity contribution in [1.82, 2.24) is 4.57 Å². The van der Waals surface area contributed by atoms with Gasteiger partial charge in [0, 0.05) is 17.6 Å². The second-order valence-electron chi connectivity index (χ2n) is 8.36. The van der Waals surface area contributed by atoms with Crippen LogP contribution in [0.3, 0.4) is 0 Å². The third-order valence-corrected chi connectivity index (χ3v) is 7.10. The molecular weight excluding hydrogens is 472 g/mol. The summed E-state index contributed by atoms with van der Waals surface area (Å²) < 4.78 is 53.1. The van der Waals surface area contributed by atoms with Crippen molar-refractivity contribution in [2.75, 3.05) is 6.26 Å². The summed E-state index contributed by atoms with van der Waals surface area (Å²) in [6.45, 7) is 1.90. The van der Waals surface area contributed by atoms with Gasteiger partial charge in [0.2, 0.25) is 0 Å². The number of aromatic nitrogens is 1. The highest BCUT2D eigenvalue weighted by Gasteiger charge is 2.18. The molecule has 0 bridgehead atoms. The molecule has 0 aliphatic heterocycles. The molecule has 5 nitrogen and oxygen atoms in total. The topological polar surface area (TPSA) is 76.4 Å². The summed E-state index contributed by atoms with van der Waals surface area (Å²) in [5, 5.41) is 9.46. The number of aryl methyl sites for hydroxylation is 2. The largest absolute Gasteiger partial charge is 0.478 e. The van der Waals surface area contributed by atoms with Crippen LogP contribution >= 0.6 is 0 Å². The average Bonchev–Trinajstić information content (AvgIpc) is 3.13. The molecule has 180 valence electrons. The van der Waals surface area contributed by atoms with Crippen molar-refractivity contribution in [2.45, 2.75) is 24.7 Å². The molecule has 1 heterocycles. The minimum Gasteiger partial charge on any atom is -0.478 e. The second-order valence-corrected chi connectivity index (χ2v) is 10.4. The number of aromatic carboxylic acids is 1. The van der Waals surface area contributed by atoms with Gasteiger partial charge in [-0.3, -0.25) is 0 Å². The first-order valence-electron chi connectivity index (χ1n) is 10.8. The van der Waals surface area contributed by atoms with Gasteiger partial charge in [-0.05, 0) is 97.1 Å². The molecule has 0 atom stereocenters. The molecule has 3 aromatic carbocycles. The number of rotatable bonds is 7. The van der Waals surface area contributed by atoms with Crippen molar-refractivity contribution in [2.24, 2.45) is 0 Å². The maximum Gasteiger partial charge on any atom is 0.335 e. The lowest BCUT2D eigenvalue weighted by Crippen LogP contribution is -2.05. The maximum atomic E-state index is 13.8. The van der Waals surface area contributed by atoms with E-state index in [0.29, 0.717) is 24.1 Å². The Labute approximate surface area is 202 Å². The normalized spacial score (nSPS) is 11.5. The number of benzene rings is 3. The smallest absolute Gasteiger partial charge is 0.335 e. The maximum absolute atomic E-state index is 13.8. The lowest BCUT2D eigenvalue weighted by atomic mass is 9.99. The fraction of sp³-hybridized carbons (Fsp3) is 0.148. The van der Waals surface area contributed by atoms with E-state index < -0.39 is 21.6 Å². The first kappa shape index (κ1) is 24.3. The number of nitrogens with zero attached hydrogens (tertiary/aromatic N) is 1. The van der Waals surface area contributed by atoms with Crippen LogP contribution in [0, 0.1) is 18.6 Å². The molecule has 8 heteroatoms. The fourth-order valence-electron chi connectivity index (χ4n) is 4.17. The van der Waals surface area contributed by atoms with E-state index in [9.17, 15) is 27.1 Å². The highest BCUT2D eigenvalue weighted by molar-refractivity contribution is 7.90. The molecule has 0 aliphatic carbocycles. The number of halogens is 2. The number of sulfone groups is 1. The molecule has 0 saturated heterocycles. The molecule has 0 aliphatic rings. The number of carboxylic acid groups (broad SMARTS) is 1. The van der Waals surface area contributed by atoms with Crippen LogP contribution < -0.4 is 0 Å². The first-order chi connectivity index (χ1) is 16.5. The summed E-state index contributed by atoms with van der Waals surface area (Å²) in [6.07, 6.45) is 1.89. The van der Waals surface area contributed by atoms with Crippen LogP contribution in [0.2, 0.25) is 0 Å². The second kappa shape index (κ2) is 9.46. The molecule has 0 amide bonds. The minimum absolute atomic E-state index is 0.0543. The Bertz CT molecular complexity index is 1510. The Balaban J connectivity index is 1.78. The van der Waals surface area contributed by atoms with Crippen LogP contribution in [0.4, 0.5) is 8.78 Å². The predicted octanol–water partition coefficient (Wildman–Crippen LogP) is 5.62. The van der Waals surface area contributed by atoms with Crippen LogP contribution in [0.15, 0.2) is 77.7 Å². The lowest BCUT2D eigenvalue weighted by molar-refractivity contribution is 0.0695. The van der Waals surface area contributed by atoms with E-state index in [0.717, 1.165) is 34.8 Å². The minimum atomic E-state index is -3.35. The summed E-state index contributed by atoms with van der Waals surface area (Å²) in [5.74, 6) is -1.99. The van der Waals surface area contributed by atoms with Crippen molar-refractivity contribution in [3.05, 3.63) is 107 Å². The van der Waals surface area contributed by atoms with Crippen LogP contribution in [0.25, 0.3) is 16.9 Å². The Hall–Kier alpha value is -3.78. The standard InChI is InChI=1S/C27H23F2NO4S/c1-17-19(3-4-20-15-22(29)9-14-25(20)27(31)32)16-26(30(17)23-10-7-21(28)8-11-23)18-5-12-24(13-6-18)35(2,33)34/h5-16H,3-4H2,1-2H3,(H,31,32). The van der Waals surface area contributed by atoms with Gasteiger partial charge in [-0.2, -0.15) is 0 Å². The van der Waals surface area contributed by atoms with E-state index >= 15 is 0 Å². The average molecular weight is 496 g/mol. The molecule has 1 N–H and O–H groups in total. The summed E-state index contributed by atoms with van der Waals surface area (Å²) in [5.41, 5.74) is 4.44. The van der Waals surface area contributed by atoms with Gasteiger partial charge in [0.05, 0.1) is 16.2 Å². The van der Waals surface area contributed by atoms with Crippen molar-refractivity contribution in [3.63, 3.8) is 0 Å². The molecule has 0 spiro atoms. The quantitative estimate of drug-likeness (QED) is 0.361. The van der Waals surface area contributed by atoms with Gasteiger partial charge >= 0.3 is 5.97 Å². The molecule has 0 saturated carbocycles. The number of carbonyl (C=O) groups is 1. The Morgan fingerprint density at radius 3 is 2.06 bits per heavy atom. The molecule has 0 radical (unpaired) electrons. The van der Waals surface area contributed by atoms with Crippen molar-refractivity contribution >= 4 is 15.8 Å². The van der Waals surface area contributed by atoms with Crippen LogP contribution in [-0.2, 0) is 22.7 Å². The van der Waals surface area contributed by atoms with Crippen LogP contribution in [0.5, 0.6) is 0 Å². The van der Waals surface area contributed by atoms with E-state index in [1.165, 1.54) is 36.4 Å². The van der Waals surface area contributed by atoms with Gasteiger partial charge in [0.25, 0.3) is 0 Å². The Morgan fingerprint density at radius 1 is 0.857 bits per heavy atom. The van der Waals surface area contributed by atoms with E-state index in [1.807, 2.05) is 17.6 Å². The number of hydrogen-bond acceptors (Lipinski definition) is 3. The number of hydrogen-bond donors (Lipinski definition) is 1. The zero-order valence-corrected chi connectivity index (χ0v) is 19.9. The monoisotopic (exact) mass is 495 g/mol. The summed E-state index contributed by atoms with van der Waals surface area (Å²) >= 11 is 0. The molecule has 1 aromatic heterocycles. The highest BCUT2D eigenvalue weighted by atomic mass is 32.2. The highest BCUT2D eigenvalue weighted by Crippen LogP contribution is 2.31. The lowest BCUT2D eigenvalue weighted by Gasteiger charge is -2.13. The van der Waals surface area contributed by atoms with Crippen LogP contribution in [-0.4, -0.2) is 30.3 Å². The number of carboxylic acids is 1. The molecule has 0 fully saturated rings. The first-order valence-corrected chi connectivity index (χ1v) is 12.7. The predicted molar refractivity (Wildman–Crippen MR) is 130 cm³/mol. The van der Waals surface area contributed by atoms with Gasteiger partial charge in [0.15, 0.2) is 9.84 Å². The van der Waals surface area contributed by atoms with E-state index in [4.69, 9.17) is 0 Å². The van der Waals surface area contributed by atoms with Gasteiger partial charge in [0.1, 0.15) is 11.6 Å². The molecule has 35 heavy (non-hydrogen) atoms. The van der Waals surface area contributed by atoms with Gasteiger partial charge < -0.3 is 9.67 Å². The van der Waals surface area contributed by atoms with Crippen molar-refractivity contribution < 1.29 is 27.1 Å². The van der Waals surface area contributed by atoms with Crippen molar-refractivity contribution in [3.8, 4) is 16.9 Å². The summed E-state index contributed by atoms with van der Waals surface area (Å²) in [6, 6.07) is 18.1. The summed E-state index contributed by atoms with van der Waals surface area (Å²) in [4.78, 5) is 11.8. The zero-order valence-electron chi connectivity index (χ0n) is 19.1. The Kier molecular flexibility index (Phi) is 6.58.